The molecule has 0 bridgehead atoms. The number of carbonyl (C=O) groups excluding carboxylic acids is 1. The standard InChI is InChI=1S/C15H22N2O4/c1-19-14-8-11(16)5-6-13(14)17-15(18)10-20-9-12-4-2-3-7-21-12/h5-6,8,12H,2-4,7,9-10,16H2,1H3,(H,17,18). The van der Waals surface area contributed by atoms with E-state index in [-0.39, 0.29) is 18.6 Å². The highest BCUT2D eigenvalue weighted by Crippen LogP contribution is 2.26. The van der Waals surface area contributed by atoms with Gasteiger partial charge < -0.3 is 25.3 Å². The van der Waals surface area contributed by atoms with Crippen molar-refractivity contribution in [2.45, 2.75) is 25.4 Å². The average molecular weight is 294 g/mol. The zero-order chi connectivity index (χ0) is 15.1. The number of carbonyl (C=O) groups is 1. The van der Waals surface area contributed by atoms with Gasteiger partial charge >= 0.3 is 0 Å². The first-order valence-electron chi connectivity index (χ1n) is 7.11. The monoisotopic (exact) mass is 294 g/mol. The quantitative estimate of drug-likeness (QED) is 0.782. The molecule has 1 fully saturated rings. The van der Waals surface area contributed by atoms with E-state index in [0.717, 1.165) is 25.9 Å². The molecule has 0 aliphatic carbocycles. The van der Waals surface area contributed by atoms with Crippen molar-refractivity contribution in [2.24, 2.45) is 0 Å². The van der Waals surface area contributed by atoms with E-state index < -0.39 is 0 Å². The maximum atomic E-state index is 11.8. The maximum Gasteiger partial charge on any atom is 0.250 e. The van der Waals surface area contributed by atoms with E-state index in [2.05, 4.69) is 5.32 Å². The van der Waals surface area contributed by atoms with Crippen LogP contribution in [0.25, 0.3) is 0 Å². The fraction of sp³-hybridized carbons (Fsp3) is 0.533. The second-order valence-corrected chi connectivity index (χ2v) is 5.01. The van der Waals surface area contributed by atoms with Crippen molar-refractivity contribution >= 4 is 17.3 Å². The summed E-state index contributed by atoms with van der Waals surface area (Å²) in [5.41, 5.74) is 6.82. The summed E-state index contributed by atoms with van der Waals surface area (Å²) < 4.78 is 16.1. The van der Waals surface area contributed by atoms with Crippen LogP contribution in [0, 0.1) is 0 Å². The molecule has 1 aliphatic rings. The lowest BCUT2D eigenvalue weighted by Gasteiger charge is -2.22. The van der Waals surface area contributed by atoms with Crippen molar-refractivity contribution in [3.05, 3.63) is 18.2 Å². The van der Waals surface area contributed by atoms with E-state index in [4.69, 9.17) is 19.9 Å². The lowest BCUT2D eigenvalue weighted by Crippen LogP contribution is -2.27. The van der Waals surface area contributed by atoms with Crippen LogP contribution in [0.5, 0.6) is 5.75 Å². The second kappa shape index (κ2) is 7.85. The molecular weight excluding hydrogens is 272 g/mol. The highest BCUT2D eigenvalue weighted by molar-refractivity contribution is 5.93. The van der Waals surface area contributed by atoms with Gasteiger partial charge in [-0.3, -0.25) is 4.79 Å². The van der Waals surface area contributed by atoms with Gasteiger partial charge in [-0.2, -0.15) is 0 Å². The normalized spacial score (nSPS) is 18.2. The Morgan fingerprint density at radius 2 is 2.33 bits per heavy atom. The summed E-state index contributed by atoms with van der Waals surface area (Å²) in [5, 5.41) is 2.74. The van der Waals surface area contributed by atoms with Gasteiger partial charge in [-0.1, -0.05) is 0 Å². The van der Waals surface area contributed by atoms with Gasteiger partial charge in [-0.05, 0) is 31.4 Å². The highest BCUT2D eigenvalue weighted by Gasteiger charge is 2.15. The van der Waals surface area contributed by atoms with Crippen LogP contribution < -0.4 is 15.8 Å². The van der Waals surface area contributed by atoms with E-state index in [1.54, 1.807) is 18.2 Å². The number of nitrogens with one attached hydrogen (secondary N) is 1. The third-order valence-electron chi connectivity index (χ3n) is 3.31. The predicted octanol–water partition coefficient (Wildman–Crippen LogP) is 1.80. The summed E-state index contributed by atoms with van der Waals surface area (Å²) in [6.07, 6.45) is 3.36. The smallest absolute Gasteiger partial charge is 0.250 e. The number of ether oxygens (including phenoxy) is 3. The van der Waals surface area contributed by atoms with Crippen LogP contribution in [0.2, 0.25) is 0 Å². The molecule has 0 radical (unpaired) electrons. The number of methoxy groups -OCH3 is 1. The van der Waals surface area contributed by atoms with Crippen molar-refractivity contribution < 1.29 is 19.0 Å². The Balaban J connectivity index is 1.76. The molecule has 21 heavy (non-hydrogen) atoms. The van der Waals surface area contributed by atoms with E-state index >= 15 is 0 Å². The van der Waals surface area contributed by atoms with Crippen LogP contribution in [0.1, 0.15) is 19.3 Å². The number of hydrogen-bond acceptors (Lipinski definition) is 5. The van der Waals surface area contributed by atoms with Crippen molar-refractivity contribution in [1.82, 2.24) is 0 Å². The van der Waals surface area contributed by atoms with E-state index in [1.165, 1.54) is 7.11 Å². The SMILES string of the molecule is COc1cc(N)ccc1NC(=O)COCC1CCCCO1. The third kappa shape index (κ3) is 4.91. The number of amides is 1. The number of rotatable bonds is 6. The van der Waals surface area contributed by atoms with Crippen molar-refractivity contribution in [3.8, 4) is 5.75 Å². The van der Waals surface area contributed by atoms with Gasteiger partial charge in [-0.25, -0.2) is 0 Å². The van der Waals surface area contributed by atoms with Gasteiger partial charge in [0.05, 0.1) is 25.5 Å². The molecule has 3 N–H and O–H groups in total. The van der Waals surface area contributed by atoms with Gasteiger partial charge in [-0.15, -0.1) is 0 Å². The Labute approximate surface area is 124 Å². The molecule has 0 aromatic heterocycles. The minimum atomic E-state index is -0.228. The lowest BCUT2D eigenvalue weighted by atomic mass is 10.1. The topological polar surface area (TPSA) is 82.8 Å². The molecule has 1 atom stereocenters. The molecule has 116 valence electrons. The lowest BCUT2D eigenvalue weighted by molar-refractivity contribution is -0.122. The number of nitrogen functional groups attached to an aromatic ring is 1. The number of nitrogens with two attached hydrogens (primary N) is 1. The van der Waals surface area contributed by atoms with Crippen LogP contribution in [0.4, 0.5) is 11.4 Å². The van der Waals surface area contributed by atoms with Crippen LogP contribution in [0.15, 0.2) is 18.2 Å². The molecule has 0 spiro atoms. The Morgan fingerprint density at radius 3 is 3.05 bits per heavy atom. The molecule has 1 aromatic carbocycles. The Bertz CT molecular complexity index is 473. The first-order chi connectivity index (χ1) is 10.2. The molecular formula is C15H22N2O4. The Morgan fingerprint density at radius 1 is 1.48 bits per heavy atom. The van der Waals surface area contributed by atoms with Gasteiger partial charge in [0.2, 0.25) is 5.91 Å². The summed E-state index contributed by atoms with van der Waals surface area (Å²) in [5.74, 6) is 0.299. The molecule has 1 unspecified atom stereocenters. The minimum Gasteiger partial charge on any atom is -0.494 e. The van der Waals surface area contributed by atoms with Crippen LogP contribution in [0.3, 0.4) is 0 Å². The van der Waals surface area contributed by atoms with Gasteiger partial charge in [0.15, 0.2) is 0 Å². The third-order valence-corrected chi connectivity index (χ3v) is 3.31. The second-order valence-electron chi connectivity index (χ2n) is 5.01. The molecule has 6 nitrogen and oxygen atoms in total. The molecule has 6 heteroatoms. The van der Waals surface area contributed by atoms with Crippen LogP contribution in [-0.2, 0) is 14.3 Å². The summed E-state index contributed by atoms with van der Waals surface area (Å²) >= 11 is 0. The predicted molar refractivity (Wildman–Crippen MR) is 80.4 cm³/mol. The highest BCUT2D eigenvalue weighted by atomic mass is 16.5. The van der Waals surface area contributed by atoms with Gasteiger partial charge in [0, 0.05) is 18.4 Å². The van der Waals surface area contributed by atoms with Crippen molar-refractivity contribution in [1.29, 1.82) is 0 Å². The van der Waals surface area contributed by atoms with E-state index in [1.807, 2.05) is 0 Å². The van der Waals surface area contributed by atoms with Crippen molar-refractivity contribution in [2.75, 3.05) is 38.0 Å². The molecule has 1 amide bonds. The van der Waals surface area contributed by atoms with Crippen molar-refractivity contribution in [3.63, 3.8) is 0 Å². The molecule has 1 aliphatic heterocycles. The summed E-state index contributed by atoms with van der Waals surface area (Å²) in [4.78, 5) is 11.8. The first kappa shape index (κ1) is 15.6. The molecule has 1 aromatic rings. The Kier molecular flexibility index (Phi) is 5.83. The number of benzene rings is 1. The van der Waals surface area contributed by atoms with E-state index in [0.29, 0.717) is 23.7 Å². The molecule has 1 saturated heterocycles. The molecule has 0 saturated carbocycles. The van der Waals surface area contributed by atoms with Crippen LogP contribution >= 0.6 is 0 Å². The Hall–Kier alpha value is -1.79. The largest absolute Gasteiger partial charge is 0.494 e. The number of hydrogen-bond donors (Lipinski definition) is 2. The zero-order valence-electron chi connectivity index (χ0n) is 12.3. The fourth-order valence-electron chi connectivity index (χ4n) is 2.22. The first-order valence-corrected chi connectivity index (χ1v) is 7.11. The fourth-order valence-corrected chi connectivity index (χ4v) is 2.22. The molecule has 2 rings (SSSR count). The van der Waals surface area contributed by atoms with Crippen LogP contribution in [-0.4, -0.2) is 38.9 Å². The summed E-state index contributed by atoms with van der Waals surface area (Å²) in [6, 6.07) is 5.07. The maximum absolute atomic E-state index is 11.8. The number of anilines is 2. The summed E-state index contributed by atoms with van der Waals surface area (Å²) in [7, 11) is 1.53. The minimum absolute atomic E-state index is 0.00656. The molecule has 1 heterocycles. The summed E-state index contributed by atoms with van der Waals surface area (Å²) in [6.45, 7) is 1.22. The zero-order valence-corrected chi connectivity index (χ0v) is 12.3. The van der Waals surface area contributed by atoms with Gasteiger partial charge in [0.1, 0.15) is 12.4 Å². The average Bonchev–Trinajstić information content (AvgIpc) is 2.50. The van der Waals surface area contributed by atoms with Gasteiger partial charge in [0.25, 0.3) is 0 Å². The van der Waals surface area contributed by atoms with E-state index in [9.17, 15) is 4.79 Å².